The molecule has 2 amide bonds. The number of halogens is 1. The number of rotatable bonds is 11. The number of anilines is 1. The molecule has 4 aromatic rings. The Balaban J connectivity index is 1.60. The van der Waals surface area contributed by atoms with Crippen molar-refractivity contribution in [1.29, 1.82) is 0 Å². The van der Waals surface area contributed by atoms with Gasteiger partial charge in [0, 0.05) is 11.8 Å². The van der Waals surface area contributed by atoms with E-state index in [1.165, 1.54) is 41.9 Å². The number of nitrogens with zero attached hydrogens (tertiary/aromatic N) is 1. The van der Waals surface area contributed by atoms with Crippen LogP contribution in [0.15, 0.2) is 72.1 Å². The number of ether oxygens (including phenoxy) is 1. The molecule has 0 aliphatic heterocycles. The van der Waals surface area contributed by atoms with E-state index in [0.717, 1.165) is 21.7 Å². The molecule has 0 spiro atoms. The molecule has 2 unspecified atom stereocenters. The number of hydrogen-bond donors (Lipinski definition) is 4. The molecule has 10 nitrogen and oxygen atoms in total. The van der Waals surface area contributed by atoms with E-state index < -0.39 is 34.4 Å². The van der Waals surface area contributed by atoms with Crippen molar-refractivity contribution in [3.05, 3.63) is 92.6 Å². The summed E-state index contributed by atoms with van der Waals surface area (Å²) in [5.74, 6) is -0.431. The van der Waals surface area contributed by atoms with Gasteiger partial charge in [-0.2, -0.15) is 8.42 Å². The number of hydrogen-bond acceptors (Lipinski definition) is 8. The minimum Gasteiger partial charge on any atom is -0.453 e. The Morgan fingerprint density at radius 2 is 1.70 bits per heavy atom. The van der Waals surface area contributed by atoms with E-state index in [4.69, 9.17) is 25.9 Å². The highest BCUT2D eigenvalue weighted by Gasteiger charge is 2.27. The standard InChI is InChI=1S/C26H25ClN4O6S3/c1-37-26(33)30-19(13-16-5-3-2-4-6-16)24(32)28-20(14-17-7-9-18(10-8-17)31-40(34,35)36)25-29-21(15-38-25)22-11-12-23(27)39-22/h2-12,15,19-20,31H,13-14H2,1H3,(H,28,32)(H,30,33)(H,34,35,36). The molecule has 4 N–H and O–H groups in total. The van der Waals surface area contributed by atoms with Crippen molar-refractivity contribution < 1.29 is 27.3 Å². The Morgan fingerprint density at radius 3 is 2.33 bits per heavy atom. The van der Waals surface area contributed by atoms with Gasteiger partial charge < -0.3 is 15.4 Å². The van der Waals surface area contributed by atoms with E-state index in [1.807, 2.05) is 46.5 Å². The first-order valence-corrected chi connectivity index (χ1v) is 15.3. The van der Waals surface area contributed by atoms with Crippen LogP contribution in [0.5, 0.6) is 0 Å². The molecular weight excluding hydrogens is 596 g/mol. The minimum absolute atomic E-state index is 0.183. The smallest absolute Gasteiger partial charge is 0.407 e. The minimum atomic E-state index is -4.41. The molecule has 0 saturated heterocycles. The van der Waals surface area contributed by atoms with Gasteiger partial charge in [0.15, 0.2) is 0 Å². The van der Waals surface area contributed by atoms with Crippen molar-refractivity contribution in [2.24, 2.45) is 0 Å². The lowest BCUT2D eigenvalue weighted by Crippen LogP contribution is -2.49. The van der Waals surface area contributed by atoms with Crippen LogP contribution in [0, 0.1) is 0 Å². The second kappa shape index (κ2) is 13.2. The second-order valence-electron chi connectivity index (χ2n) is 8.59. The summed E-state index contributed by atoms with van der Waals surface area (Å²) in [6.07, 6.45) is -0.186. The van der Waals surface area contributed by atoms with E-state index in [9.17, 15) is 18.0 Å². The molecule has 0 radical (unpaired) electrons. The molecule has 0 bridgehead atoms. The first-order chi connectivity index (χ1) is 19.1. The van der Waals surface area contributed by atoms with Gasteiger partial charge in [0.05, 0.1) is 33.7 Å². The Morgan fingerprint density at radius 1 is 1.00 bits per heavy atom. The average Bonchev–Trinajstić information content (AvgIpc) is 3.58. The van der Waals surface area contributed by atoms with Gasteiger partial charge in [-0.3, -0.25) is 14.1 Å². The zero-order valence-electron chi connectivity index (χ0n) is 21.0. The third-order valence-corrected chi connectivity index (χ3v) is 8.39. The monoisotopic (exact) mass is 620 g/mol. The van der Waals surface area contributed by atoms with Crippen LogP contribution in [0.2, 0.25) is 4.34 Å². The lowest BCUT2D eigenvalue weighted by Gasteiger charge is -2.22. The van der Waals surface area contributed by atoms with Crippen LogP contribution >= 0.6 is 34.3 Å². The van der Waals surface area contributed by atoms with Crippen LogP contribution in [-0.4, -0.2) is 43.1 Å². The Bertz CT molecular complexity index is 1560. The lowest BCUT2D eigenvalue weighted by atomic mass is 10.0. The number of nitrogens with one attached hydrogen (secondary N) is 3. The number of aromatic nitrogens is 1. The Hall–Kier alpha value is -3.49. The highest BCUT2D eigenvalue weighted by Crippen LogP contribution is 2.33. The van der Waals surface area contributed by atoms with Gasteiger partial charge in [0.25, 0.3) is 0 Å². The normalized spacial score (nSPS) is 12.8. The number of amides is 2. The zero-order chi connectivity index (χ0) is 28.7. The molecule has 0 saturated carbocycles. The first-order valence-electron chi connectivity index (χ1n) is 11.8. The third kappa shape index (κ3) is 8.50. The molecule has 2 aromatic heterocycles. The van der Waals surface area contributed by atoms with Crippen LogP contribution in [0.25, 0.3) is 10.6 Å². The van der Waals surface area contributed by atoms with Crippen LogP contribution in [0.4, 0.5) is 10.5 Å². The van der Waals surface area contributed by atoms with Crippen LogP contribution < -0.4 is 15.4 Å². The van der Waals surface area contributed by atoms with E-state index in [-0.39, 0.29) is 12.1 Å². The number of carbonyl (C=O) groups is 2. The number of carbonyl (C=O) groups excluding carboxylic acids is 2. The summed E-state index contributed by atoms with van der Waals surface area (Å²) in [6, 6.07) is 17.8. The molecule has 0 fully saturated rings. The largest absolute Gasteiger partial charge is 0.453 e. The highest BCUT2D eigenvalue weighted by atomic mass is 35.5. The van der Waals surface area contributed by atoms with E-state index >= 15 is 0 Å². The van der Waals surface area contributed by atoms with Crippen LogP contribution in [-0.2, 0) is 32.7 Å². The lowest BCUT2D eigenvalue weighted by molar-refractivity contribution is -0.123. The van der Waals surface area contributed by atoms with Crippen LogP contribution in [0.3, 0.4) is 0 Å². The maximum atomic E-state index is 13.5. The molecule has 210 valence electrons. The summed E-state index contributed by atoms with van der Waals surface area (Å²) in [6.45, 7) is 0. The van der Waals surface area contributed by atoms with Crippen molar-refractivity contribution in [1.82, 2.24) is 15.6 Å². The molecule has 14 heteroatoms. The summed E-state index contributed by atoms with van der Waals surface area (Å²) in [7, 11) is -3.18. The van der Waals surface area contributed by atoms with Gasteiger partial charge in [-0.25, -0.2) is 9.78 Å². The Labute approximate surface area is 244 Å². The number of thiophene rings is 1. The molecular formula is C26H25ClN4O6S3. The number of methoxy groups -OCH3 is 1. The Kier molecular flexibility index (Phi) is 9.76. The molecule has 0 aliphatic carbocycles. The summed E-state index contributed by atoms with van der Waals surface area (Å²) in [5.41, 5.74) is 2.52. The molecule has 2 aromatic carbocycles. The fourth-order valence-electron chi connectivity index (χ4n) is 3.84. The van der Waals surface area contributed by atoms with Crippen molar-refractivity contribution in [2.75, 3.05) is 11.8 Å². The highest BCUT2D eigenvalue weighted by molar-refractivity contribution is 7.87. The summed E-state index contributed by atoms with van der Waals surface area (Å²) in [5, 5.41) is 8.13. The SMILES string of the molecule is COC(=O)NC(Cc1ccccc1)C(=O)NC(Cc1ccc(NS(=O)(=O)O)cc1)c1nc(-c2ccc(Cl)s2)cs1. The van der Waals surface area contributed by atoms with E-state index in [0.29, 0.717) is 15.8 Å². The van der Waals surface area contributed by atoms with Crippen molar-refractivity contribution in [3.8, 4) is 10.6 Å². The number of thiazole rings is 1. The maximum Gasteiger partial charge on any atom is 0.407 e. The molecule has 2 heterocycles. The fraction of sp³-hybridized carbons (Fsp3) is 0.192. The van der Waals surface area contributed by atoms with E-state index in [1.54, 1.807) is 18.2 Å². The number of alkyl carbamates (subject to hydrolysis) is 1. The van der Waals surface area contributed by atoms with Gasteiger partial charge in [0.1, 0.15) is 11.0 Å². The van der Waals surface area contributed by atoms with Gasteiger partial charge >= 0.3 is 16.4 Å². The van der Waals surface area contributed by atoms with Crippen molar-refractivity contribution >= 4 is 62.3 Å². The summed E-state index contributed by atoms with van der Waals surface area (Å²) < 4.78 is 38.6. The quantitative estimate of drug-likeness (QED) is 0.170. The maximum absolute atomic E-state index is 13.5. The molecule has 40 heavy (non-hydrogen) atoms. The molecule has 2 atom stereocenters. The second-order valence-corrected chi connectivity index (χ2v) is 12.4. The van der Waals surface area contributed by atoms with Crippen molar-refractivity contribution in [3.63, 3.8) is 0 Å². The third-order valence-electron chi connectivity index (χ3n) is 5.68. The number of benzene rings is 2. The molecule has 0 aliphatic rings. The van der Waals surface area contributed by atoms with Crippen LogP contribution in [0.1, 0.15) is 22.2 Å². The predicted octanol–water partition coefficient (Wildman–Crippen LogP) is 5.11. The van der Waals surface area contributed by atoms with Gasteiger partial charge in [-0.1, -0.05) is 54.1 Å². The summed E-state index contributed by atoms with van der Waals surface area (Å²) in [4.78, 5) is 31.2. The topological polar surface area (TPSA) is 147 Å². The van der Waals surface area contributed by atoms with Gasteiger partial charge in [-0.15, -0.1) is 22.7 Å². The van der Waals surface area contributed by atoms with E-state index in [2.05, 4.69) is 10.6 Å². The fourth-order valence-corrected chi connectivity index (χ4v) is 6.22. The van der Waals surface area contributed by atoms with Crippen molar-refractivity contribution in [2.45, 2.75) is 24.9 Å². The average molecular weight is 621 g/mol. The van der Waals surface area contributed by atoms with Gasteiger partial charge in [-0.05, 0) is 41.8 Å². The zero-order valence-corrected chi connectivity index (χ0v) is 24.2. The predicted molar refractivity (Wildman–Crippen MR) is 156 cm³/mol. The van der Waals surface area contributed by atoms with Gasteiger partial charge in [0.2, 0.25) is 5.91 Å². The first kappa shape index (κ1) is 29.5. The summed E-state index contributed by atoms with van der Waals surface area (Å²) >= 11 is 8.86. The molecule has 4 rings (SSSR count).